The average molecular weight is 409 g/mol. The van der Waals surface area contributed by atoms with Crippen molar-refractivity contribution in [2.24, 2.45) is 0 Å². The fourth-order valence-corrected chi connectivity index (χ4v) is 3.53. The van der Waals surface area contributed by atoms with Gasteiger partial charge in [0.15, 0.2) is 5.78 Å². The van der Waals surface area contributed by atoms with Crippen LogP contribution in [0.25, 0.3) is 0 Å². The summed E-state index contributed by atoms with van der Waals surface area (Å²) in [6.07, 6.45) is 4.77. The summed E-state index contributed by atoms with van der Waals surface area (Å²) in [6.45, 7) is 1.33. The molecule has 1 saturated heterocycles. The summed E-state index contributed by atoms with van der Waals surface area (Å²) < 4.78 is 28.9. The Hall–Kier alpha value is -2.12. The van der Waals surface area contributed by atoms with Crippen LogP contribution in [0.15, 0.2) is 42.5 Å². The number of likely N-dealkylation sites (tertiary alicyclic amines) is 1. The van der Waals surface area contributed by atoms with Crippen LogP contribution in [0.2, 0.25) is 0 Å². The molecule has 1 fully saturated rings. The number of aliphatic carboxylic acids is 1. The molecule has 1 aliphatic heterocycles. The van der Waals surface area contributed by atoms with E-state index in [1.54, 1.807) is 6.07 Å². The van der Waals surface area contributed by atoms with Gasteiger partial charge in [0, 0.05) is 18.4 Å². The molecule has 1 aromatic carbocycles. The summed E-state index contributed by atoms with van der Waals surface area (Å²) >= 11 is 0. The van der Waals surface area contributed by atoms with E-state index in [9.17, 15) is 23.5 Å². The molecule has 0 radical (unpaired) electrons. The molecule has 0 spiro atoms. The maximum Gasteiger partial charge on any atom is 0.303 e. The van der Waals surface area contributed by atoms with E-state index in [2.05, 4.69) is 0 Å². The van der Waals surface area contributed by atoms with Gasteiger partial charge in [-0.25, -0.2) is 0 Å². The number of ketones is 1. The van der Waals surface area contributed by atoms with Crippen LogP contribution in [0.1, 0.15) is 50.5 Å². The van der Waals surface area contributed by atoms with Gasteiger partial charge in [-0.1, -0.05) is 55.3 Å². The number of carboxylic acid groups (broad SMARTS) is 1. The number of carboxylic acids is 1. The van der Waals surface area contributed by atoms with E-state index in [-0.39, 0.29) is 17.8 Å². The molecule has 1 aliphatic rings. The second-order valence-corrected chi connectivity index (χ2v) is 7.43. The maximum absolute atomic E-state index is 14.4. The highest BCUT2D eigenvalue weighted by molar-refractivity contribution is 5.86. The number of piperidine rings is 1. The lowest BCUT2D eigenvalue weighted by atomic mass is 9.97. The number of unbranched alkanes of at least 4 members (excludes halogenated alkanes) is 3. The minimum Gasteiger partial charge on any atom is -0.481 e. The maximum atomic E-state index is 14.4. The number of halogens is 2. The molecule has 2 N–H and O–H groups in total. The summed E-state index contributed by atoms with van der Waals surface area (Å²) in [4.78, 5) is 24.8. The first-order chi connectivity index (χ1) is 13.8. The molecule has 0 amide bonds. The third-order valence-electron chi connectivity index (χ3n) is 5.18. The number of benzene rings is 1. The number of hydrogen-bond donors (Lipinski definition) is 2. The third-order valence-corrected chi connectivity index (χ3v) is 5.18. The summed E-state index contributed by atoms with van der Waals surface area (Å²) in [5, 5.41) is 18.7. The summed E-state index contributed by atoms with van der Waals surface area (Å²) in [6, 6.07) is 6.52. The highest BCUT2D eigenvalue weighted by Gasteiger charge is 2.39. The third kappa shape index (κ3) is 7.01. The van der Waals surface area contributed by atoms with Crippen LogP contribution in [-0.2, 0) is 15.5 Å². The van der Waals surface area contributed by atoms with Crippen LogP contribution in [-0.4, -0.2) is 52.1 Å². The molecule has 1 aromatic rings. The van der Waals surface area contributed by atoms with Gasteiger partial charge < -0.3 is 10.2 Å². The number of hydrogen-bond acceptors (Lipinski definition) is 4. The zero-order chi connectivity index (χ0) is 21.3. The lowest BCUT2D eigenvalue weighted by Gasteiger charge is -2.33. The number of rotatable bonds is 11. The monoisotopic (exact) mass is 409 g/mol. The van der Waals surface area contributed by atoms with E-state index in [0.717, 1.165) is 31.8 Å². The van der Waals surface area contributed by atoms with Crippen molar-refractivity contribution in [2.45, 2.75) is 63.0 Å². The average Bonchev–Trinajstić information content (AvgIpc) is 2.70. The Labute approximate surface area is 170 Å². The van der Waals surface area contributed by atoms with E-state index in [1.807, 2.05) is 4.90 Å². The quantitative estimate of drug-likeness (QED) is 0.430. The van der Waals surface area contributed by atoms with Crippen LogP contribution in [0.4, 0.5) is 8.78 Å². The Morgan fingerprint density at radius 3 is 2.59 bits per heavy atom. The van der Waals surface area contributed by atoms with Crippen molar-refractivity contribution in [3.05, 3.63) is 48.0 Å². The van der Waals surface area contributed by atoms with E-state index >= 15 is 0 Å². The second-order valence-electron chi connectivity index (χ2n) is 7.43. The van der Waals surface area contributed by atoms with E-state index < -0.39 is 24.0 Å². The number of carbonyl (C=O) groups is 2. The number of alkyl halides is 2. The smallest absolute Gasteiger partial charge is 0.303 e. The Morgan fingerprint density at radius 1 is 1.21 bits per heavy atom. The number of nitrogens with zero attached hydrogens (tertiary/aromatic N) is 1. The Morgan fingerprint density at radius 2 is 1.90 bits per heavy atom. The fraction of sp³-hybridized carbons (Fsp3) is 0.545. The summed E-state index contributed by atoms with van der Waals surface area (Å²) in [7, 11) is 0. The highest BCUT2D eigenvalue weighted by atomic mass is 19.3. The van der Waals surface area contributed by atoms with Crippen LogP contribution in [0.3, 0.4) is 0 Å². The molecule has 0 saturated carbocycles. The number of Topliss-reactive ketones (excluding diaryl/α,β-unsaturated/α-hetero) is 1. The number of aliphatic hydroxyl groups excluding tert-OH is 1. The van der Waals surface area contributed by atoms with Crippen LogP contribution in [0, 0.1) is 0 Å². The Bertz CT molecular complexity index is 693. The van der Waals surface area contributed by atoms with E-state index in [0.29, 0.717) is 25.9 Å². The van der Waals surface area contributed by atoms with Crippen molar-refractivity contribution < 1.29 is 28.6 Å². The van der Waals surface area contributed by atoms with Crippen molar-refractivity contribution in [3.8, 4) is 0 Å². The first-order valence-electron chi connectivity index (χ1n) is 10.1. The van der Waals surface area contributed by atoms with Crippen molar-refractivity contribution in [2.75, 3.05) is 13.1 Å². The standard InChI is InChI=1S/C22H29F2NO4/c23-22(24,17-9-4-3-5-10-17)20(27)14-13-18-19(26)11-8-16-25(18)15-7-2-1-6-12-21(28)29/h3-5,9-10,13-14,18,20,27H,1-2,6-8,11-12,15-16H2,(H,28,29)/b14-13+/t18-,20-/m1/s1. The van der Waals surface area contributed by atoms with Crippen molar-refractivity contribution in [1.82, 2.24) is 4.90 Å². The number of carbonyl (C=O) groups excluding carboxylic acids is 1. The van der Waals surface area contributed by atoms with Crippen LogP contribution >= 0.6 is 0 Å². The first kappa shape index (κ1) is 23.2. The molecule has 0 aromatic heterocycles. The van der Waals surface area contributed by atoms with Crippen molar-refractivity contribution >= 4 is 11.8 Å². The molecular weight excluding hydrogens is 380 g/mol. The summed E-state index contributed by atoms with van der Waals surface area (Å²) in [5.74, 6) is -4.28. The minimum absolute atomic E-state index is 0.0337. The second kappa shape index (κ2) is 11.2. The number of aliphatic hydroxyl groups is 1. The van der Waals surface area contributed by atoms with Gasteiger partial charge in [0.05, 0.1) is 6.04 Å². The van der Waals surface area contributed by atoms with Crippen molar-refractivity contribution in [3.63, 3.8) is 0 Å². The molecule has 0 unspecified atom stereocenters. The molecule has 160 valence electrons. The van der Waals surface area contributed by atoms with Gasteiger partial charge in [-0.3, -0.25) is 14.5 Å². The van der Waals surface area contributed by atoms with Gasteiger partial charge in [-0.2, -0.15) is 8.78 Å². The predicted octanol–water partition coefficient (Wildman–Crippen LogP) is 3.76. The molecule has 2 atom stereocenters. The topological polar surface area (TPSA) is 77.8 Å². The van der Waals surface area contributed by atoms with Gasteiger partial charge in [0.1, 0.15) is 6.10 Å². The Kier molecular flexibility index (Phi) is 8.92. The Balaban J connectivity index is 1.92. The van der Waals surface area contributed by atoms with Gasteiger partial charge in [0.25, 0.3) is 0 Å². The lowest BCUT2D eigenvalue weighted by molar-refractivity contribution is -0.137. The first-order valence-corrected chi connectivity index (χ1v) is 10.1. The van der Waals surface area contributed by atoms with Crippen LogP contribution < -0.4 is 0 Å². The van der Waals surface area contributed by atoms with Gasteiger partial charge >= 0.3 is 11.9 Å². The highest BCUT2D eigenvalue weighted by Crippen LogP contribution is 2.32. The normalized spacial score (nSPS) is 19.6. The SMILES string of the molecule is O=C(O)CCCCCCN1CCCC(=O)[C@H]1/C=C/[C@@H](O)C(F)(F)c1ccccc1. The van der Waals surface area contributed by atoms with Gasteiger partial charge in [-0.15, -0.1) is 0 Å². The van der Waals surface area contributed by atoms with Gasteiger partial charge in [0.2, 0.25) is 0 Å². The minimum atomic E-state index is -3.44. The largest absolute Gasteiger partial charge is 0.481 e. The zero-order valence-electron chi connectivity index (χ0n) is 16.5. The summed E-state index contributed by atoms with van der Waals surface area (Å²) in [5.41, 5.74) is -0.273. The molecule has 1 heterocycles. The lowest BCUT2D eigenvalue weighted by Crippen LogP contribution is -2.45. The molecule has 0 aliphatic carbocycles. The molecule has 5 nitrogen and oxygen atoms in total. The zero-order valence-corrected chi connectivity index (χ0v) is 16.5. The molecule has 7 heteroatoms. The van der Waals surface area contributed by atoms with E-state index in [1.165, 1.54) is 30.3 Å². The van der Waals surface area contributed by atoms with E-state index in [4.69, 9.17) is 5.11 Å². The van der Waals surface area contributed by atoms with Crippen molar-refractivity contribution in [1.29, 1.82) is 0 Å². The van der Waals surface area contributed by atoms with Crippen LogP contribution in [0.5, 0.6) is 0 Å². The molecule has 0 bridgehead atoms. The predicted molar refractivity (Wildman–Crippen MR) is 106 cm³/mol. The molecule has 29 heavy (non-hydrogen) atoms. The molecular formula is C22H29F2NO4. The fourth-order valence-electron chi connectivity index (χ4n) is 3.53. The van der Waals surface area contributed by atoms with Gasteiger partial charge in [-0.05, 0) is 32.4 Å². The molecule has 2 rings (SSSR count).